The fourth-order valence-corrected chi connectivity index (χ4v) is 2.49. The molecule has 27 heavy (non-hydrogen) atoms. The molecule has 3 aromatic rings. The fourth-order valence-electron chi connectivity index (χ4n) is 2.49. The zero-order valence-corrected chi connectivity index (χ0v) is 15.1. The Bertz CT molecular complexity index is 979. The topological polar surface area (TPSA) is 77.8 Å². The van der Waals surface area contributed by atoms with Gasteiger partial charge in [0.15, 0.2) is 6.61 Å². The van der Waals surface area contributed by atoms with Crippen LogP contribution < -0.4 is 20.4 Å². The Labute approximate surface area is 156 Å². The van der Waals surface area contributed by atoms with E-state index in [0.29, 0.717) is 29.4 Å². The van der Waals surface area contributed by atoms with Crippen LogP contribution in [0.3, 0.4) is 0 Å². The van der Waals surface area contributed by atoms with Crippen molar-refractivity contribution in [2.24, 2.45) is 0 Å². The molecular weight excluding hydrogens is 346 g/mol. The zero-order chi connectivity index (χ0) is 19.1. The highest BCUT2D eigenvalue weighted by molar-refractivity contribution is 5.93. The maximum absolute atomic E-state index is 12.2. The van der Waals surface area contributed by atoms with E-state index in [9.17, 15) is 9.59 Å². The smallest absolute Gasteiger partial charge is 0.336 e. The van der Waals surface area contributed by atoms with Gasteiger partial charge in [0.2, 0.25) is 0 Å². The first-order chi connectivity index (χ1) is 13.2. The molecule has 2 aromatic carbocycles. The lowest BCUT2D eigenvalue weighted by Crippen LogP contribution is -2.20. The maximum atomic E-state index is 12.2. The monoisotopic (exact) mass is 367 g/mol. The summed E-state index contributed by atoms with van der Waals surface area (Å²) in [5.41, 5.74) is 0.582. The molecule has 0 aliphatic carbocycles. The lowest BCUT2D eigenvalue weighted by molar-refractivity contribution is -0.118. The van der Waals surface area contributed by atoms with Crippen molar-refractivity contribution in [1.82, 2.24) is 0 Å². The summed E-state index contributed by atoms with van der Waals surface area (Å²) in [7, 11) is 0. The number of carbonyl (C=O) groups excluding carboxylic acids is 1. The Morgan fingerprint density at radius 1 is 1.07 bits per heavy atom. The third-order valence-electron chi connectivity index (χ3n) is 3.88. The third-order valence-corrected chi connectivity index (χ3v) is 3.88. The van der Waals surface area contributed by atoms with Gasteiger partial charge in [-0.1, -0.05) is 25.5 Å². The summed E-state index contributed by atoms with van der Waals surface area (Å²) < 4.78 is 16.3. The van der Waals surface area contributed by atoms with Crippen LogP contribution in [0, 0.1) is 0 Å². The van der Waals surface area contributed by atoms with Crippen molar-refractivity contribution in [3.63, 3.8) is 0 Å². The van der Waals surface area contributed by atoms with E-state index >= 15 is 0 Å². The molecule has 0 spiro atoms. The van der Waals surface area contributed by atoms with Crippen LogP contribution in [-0.2, 0) is 4.79 Å². The summed E-state index contributed by atoms with van der Waals surface area (Å²) in [6.45, 7) is 2.51. The highest BCUT2D eigenvalue weighted by Crippen LogP contribution is 2.24. The first-order valence-corrected chi connectivity index (χ1v) is 8.84. The van der Waals surface area contributed by atoms with Gasteiger partial charge in [0, 0.05) is 17.5 Å². The second kappa shape index (κ2) is 8.89. The highest BCUT2D eigenvalue weighted by Gasteiger charge is 2.09. The Hall–Kier alpha value is -3.28. The average Bonchev–Trinajstić information content (AvgIpc) is 2.67. The average molecular weight is 367 g/mol. The minimum atomic E-state index is -0.433. The van der Waals surface area contributed by atoms with Gasteiger partial charge in [-0.25, -0.2) is 4.79 Å². The number of unbranched alkanes of at least 4 members (excludes halogenated alkanes) is 1. The molecule has 0 saturated heterocycles. The minimum absolute atomic E-state index is 0.175. The van der Waals surface area contributed by atoms with E-state index in [1.165, 1.54) is 6.07 Å². The van der Waals surface area contributed by atoms with Crippen molar-refractivity contribution >= 4 is 22.6 Å². The molecule has 0 aliphatic heterocycles. The number of para-hydroxylation sites is 2. The number of anilines is 1. The predicted molar refractivity (Wildman–Crippen MR) is 103 cm³/mol. The van der Waals surface area contributed by atoms with E-state index in [0.717, 1.165) is 18.2 Å². The van der Waals surface area contributed by atoms with Crippen LogP contribution in [0.25, 0.3) is 11.0 Å². The number of rotatable bonds is 8. The minimum Gasteiger partial charge on any atom is -0.491 e. The number of benzene rings is 2. The zero-order valence-electron chi connectivity index (χ0n) is 15.1. The Morgan fingerprint density at radius 3 is 2.74 bits per heavy atom. The number of ether oxygens (including phenoxy) is 2. The van der Waals surface area contributed by atoms with Gasteiger partial charge in [0.05, 0.1) is 12.3 Å². The Morgan fingerprint density at radius 2 is 1.89 bits per heavy atom. The quantitative estimate of drug-likeness (QED) is 0.481. The SMILES string of the molecule is CCCCOc1ccccc1NC(=O)COc1ccc2ccc(=O)oc2c1. The molecule has 1 aromatic heterocycles. The van der Waals surface area contributed by atoms with Gasteiger partial charge in [-0.05, 0) is 36.8 Å². The van der Waals surface area contributed by atoms with Gasteiger partial charge in [0.25, 0.3) is 5.91 Å². The number of amides is 1. The number of nitrogens with one attached hydrogen (secondary N) is 1. The standard InChI is InChI=1S/C21H21NO5/c1-2-3-12-25-18-7-5-4-6-17(18)22-20(23)14-26-16-10-8-15-9-11-21(24)27-19(15)13-16/h4-11,13H,2-3,12,14H2,1H3,(H,22,23). The lowest BCUT2D eigenvalue weighted by Gasteiger charge is -2.12. The first-order valence-electron chi connectivity index (χ1n) is 8.84. The molecule has 1 heterocycles. The van der Waals surface area contributed by atoms with Crippen molar-refractivity contribution in [3.8, 4) is 11.5 Å². The van der Waals surface area contributed by atoms with E-state index in [1.54, 1.807) is 30.3 Å². The van der Waals surface area contributed by atoms with Crippen molar-refractivity contribution in [1.29, 1.82) is 0 Å². The molecule has 0 saturated carbocycles. The molecule has 0 fully saturated rings. The molecule has 6 nitrogen and oxygen atoms in total. The number of hydrogen-bond donors (Lipinski definition) is 1. The van der Waals surface area contributed by atoms with Crippen molar-refractivity contribution in [3.05, 3.63) is 65.0 Å². The van der Waals surface area contributed by atoms with Gasteiger partial charge in [0.1, 0.15) is 17.1 Å². The van der Waals surface area contributed by atoms with E-state index in [4.69, 9.17) is 13.9 Å². The molecule has 0 aliphatic rings. The number of carbonyl (C=O) groups is 1. The van der Waals surface area contributed by atoms with Gasteiger partial charge in [-0.15, -0.1) is 0 Å². The molecular formula is C21H21NO5. The number of fused-ring (bicyclic) bond motifs is 1. The van der Waals surface area contributed by atoms with Gasteiger partial charge in [-0.2, -0.15) is 0 Å². The molecule has 6 heteroatoms. The first kappa shape index (κ1) is 18.5. The number of hydrogen-bond acceptors (Lipinski definition) is 5. The van der Waals surface area contributed by atoms with Crippen molar-refractivity contribution in [2.45, 2.75) is 19.8 Å². The second-order valence-corrected chi connectivity index (χ2v) is 5.99. The largest absolute Gasteiger partial charge is 0.491 e. The molecule has 0 atom stereocenters. The molecule has 1 N–H and O–H groups in total. The Balaban J connectivity index is 1.61. The Kier molecular flexibility index (Phi) is 6.10. The van der Waals surface area contributed by atoms with Crippen LogP contribution in [0.15, 0.2) is 63.8 Å². The van der Waals surface area contributed by atoms with E-state index in [1.807, 2.05) is 18.2 Å². The van der Waals surface area contributed by atoms with E-state index < -0.39 is 5.63 Å². The molecule has 0 unspecified atom stereocenters. The summed E-state index contributed by atoms with van der Waals surface area (Å²) in [5, 5.41) is 3.57. The van der Waals surface area contributed by atoms with Crippen LogP contribution in [0.4, 0.5) is 5.69 Å². The predicted octanol–water partition coefficient (Wildman–Crippen LogP) is 3.99. The lowest BCUT2D eigenvalue weighted by atomic mass is 10.2. The molecule has 0 radical (unpaired) electrons. The fraction of sp³-hybridized carbons (Fsp3) is 0.238. The molecule has 3 rings (SSSR count). The summed E-state index contributed by atoms with van der Waals surface area (Å²) in [6.07, 6.45) is 1.98. The van der Waals surface area contributed by atoms with Gasteiger partial charge >= 0.3 is 5.63 Å². The third kappa shape index (κ3) is 5.10. The van der Waals surface area contributed by atoms with Crippen molar-refractivity contribution in [2.75, 3.05) is 18.5 Å². The normalized spacial score (nSPS) is 10.6. The van der Waals surface area contributed by atoms with E-state index in [2.05, 4.69) is 12.2 Å². The summed E-state index contributed by atoms with van der Waals surface area (Å²) >= 11 is 0. The van der Waals surface area contributed by atoms with Crippen LogP contribution in [0.5, 0.6) is 11.5 Å². The molecule has 140 valence electrons. The van der Waals surface area contributed by atoms with Crippen LogP contribution in [0.2, 0.25) is 0 Å². The van der Waals surface area contributed by atoms with Crippen LogP contribution in [-0.4, -0.2) is 19.1 Å². The highest BCUT2D eigenvalue weighted by atomic mass is 16.5. The second-order valence-electron chi connectivity index (χ2n) is 5.99. The van der Waals surface area contributed by atoms with Crippen molar-refractivity contribution < 1.29 is 18.7 Å². The van der Waals surface area contributed by atoms with Gasteiger partial charge < -0.3 is 19.2 Å². The summed E-state index contributed by atoms with van der Waals surface area (Å²) in [4.78, 5) is 23.5. The van der Waals surface area contributed by atoms with Gasteiger partial charge in [-0.3, -0.25) is 4.79 Å². The maximum Gasteiger partial charge on any atom is 0.336 e. The molecule has 0 bridgehead atoms. The summed E-state index contributed by atoms with van der Waals surface area (Å²) in [6, 6.07) is 15.4. The van der Waals surface area contributed by atoms with Crippen LogP contribution >= 0.6 is 0 Å². The van der Waals surface area contributed by atoms with E-state index in [-0.39, 0.29) is 12.5 Å². The summed E-state index contributed by atoms with van der Waals surface area (Å²) in [5.74, 6) is 0.766. The van der Waals surface area contributed by atoms with Crippen LogP contribution in [0.1, 0.15) is 19.8 Å². The molecule has 1 amide bonds.